The second kappa shape index (κ2) is 3.98. The first-order valence-corrected chi connectivity index (χ1v) is 5.05. The van der Waals surface area contributed by atoms with E-state index < -0.39 is 5.41 Å². The topological polar surface area (TPSA) is 86.2 Å². The number of carbonyl (C=O) groups is 2. The normalized spacial score (nSPS) is 33.4. The second-order valence-electron chi connectivity index (χ2n) is 4.47. The molecule has 1 fully saturated rings. The molecule has 2 unspecified atom stereocenters. The number of amides is 2. The largest absolute Gasteiger partial charge is 0.369 e. The van der Waals surface area contributed by atoms with Gasteiger partial charge in [0.05, 0.1) is 0 Å². The molecule has 14 heavy (non-hydrogen) atoms. The summed E-state index contributed by atoms with van der Waals surface area (Å²) in [5.74, 6) is -0.806. The van der Waals surface area contributed by atoms with Gasteiger partial charge < -0.3 is 11.5 Å². The molecule has 80 valence electrons. The third kappa shape index (κ3) is 2.25. The summed E-state index contributed by atoms with van der Waals surface area (Å²) in [5, 5.41) is 0. The van der Waals surface area contributed by atoms with Crippen molar-refractivity contribution in [2.75, 3.05) is 0 Å². The van der Waals surface area contributed by atoms with E-state index in [-0.39, 0.29) is 17.7 Å². The molecule has 0 heterocycles. The predicted octanol–water partition coefficient (Wildman–Crippen LogP) is 0.544. The van der Waals surface area contributed by atoms with Crippen molar-refractivity contribution in [2.45, 2.75) is 39.0 Å². The van der Waals surface area contributed by atoms with Gasteiger partial charge in [-0.3, -0.25) is 9.59 Å². The Morgan fingerprint density at radius 1 is 1.29 bits per heavy atom. The van der Waals surface area contributed by atoms with E-state index in [9.17, 15) is 9.59 Å². The highest BCUT2D eigenvalue weighted by molar-refractivity contribution is 5.82. The van der Waals surface area contributed by atoms with Crippen LogP contribution in [-0.2, 0) is 9.59 Å². The predicted molar refractivity (Wildman–Crippen MR) is 53.1 cm³/mol. The Hall–Kier alpha value is -1.06. The van der Waals surface area contributed by atoms with Crippen LogP contribution in [0.15, 0.2) is 0 Å². The molecular formula is C10H18N2O2. The van der Waals surface area contributed by atoms with Gasteiger partial charge in [-0.1, -0.05) is 19.8 Å². The maximum atomic E-state index is 11.3. The van der Waals surface area contributed by atoms with Crippen molar-refractivity contribution in [3.63, 3.8) is 0 Å². The first kappa shape index (κ1) is 11.0. The van der Waals surface area contributed by atoms with Crippen LogP contribution in [0.25, 0.3) is 0 Å². The summed E-state index contributed by atoms with van der Waals surface area (Å²) in [7, 11) is 0. The van der Waals surface area contributed by atoms with E-state index in [1.807, 2.05) is 6.92 Å². The molecule has 0 aromatic rings. The van der Waals surface area contributed by atoms with Gasteiger partial charge in [-0.15, -0.1) is 0 Å². The van der Waals surface area contributed by atoms with Crippen LogP contribution < -0.4 is 11.5 Å². The molecule has 0 aliphatic heterocycles. The monoisotopic (exact) mass is 198 g/mol. The number of rotatable bonds is 2. The van der Waals surface area contributed by atoms with Crippen molar-refractivity contribution in [1.82, 2.24) is 0 Å². The number of primary amides is 2. The smallest absolute Gasteiger partial charge is 0.223 e. The SMILES string of the molecule is CC1(C(N)=O)CCCCC(C(N)=O)C1. The molecule has 0 bridgehead atoms. The molecule has 0 aromatic carbocycles. The van der Waals surface area contributed by atoms with Gasteiger partial charge >= 0.3 is 0 Å². The molecule has 0 radical (unpaired) electrons. The lowest BCUT2D eigenvalue weighted by Crippen LogP contribution is -2.37. The second-order valence-corrected chi connectivity index (χ2v) is 4.47. The zero-order chi connectivity index (χ0) is 10.8. The summed E-state index contributed by atoms with van der Waals surface area (Å²) in [5.41, 5.74) is 10.1. The number of carbonyl (C=O) groups excluding carboxylic acids is 2. The maximum absolute atomic E-state index is 11.3. The Kier molecular flexibility index (Phi) is 3.13. The molecule has 4 heteroatoms. The molecule has 1 saturated carbocycles. The first-order valence-electron chi connectivity index (χ1n) is 5.05. The van der Waals surface area contributed by atoms with Crippen LogP contribution >= 0.6 is 0 Å². The van der Waals surface area contributed by atoms with E-state index in [1.165, 1.54) is 0 Å². The van der Waals surface area contributed by atoms with Crippen molar-refractivity contribution >= 4 is 11.8 Å². The van der Waals surface area contributed by atoms with Crippen LogP contribution in [0.5, 0.6) is 0 Å². The van der Waals surface area contributed by atoms with Gasteiger partial charge in [0, 0.05) is 11.3 Å². The lowest BCUT2D eigenvalue weighted by atomic mass is 9.78. The van der Waals surface area contributed by atoms with Gasteiger partial charge in [-0.05, 0) is 19.3 Å². The summed E-state index contributed by atoms with van der Waals surface area (Å²) >= 11 is 0. The fraction of sp³-hybridized carbons (Fsp3) is 0.800. The zero-order valence-corrected chi connectivity index (χ0v) is 8.58. The minimum atomic E-state index is -0.545. The Morgan fingerprint density at radius 2 is 1.93 bits per heavy atom. The highest BCUT2D eigenvalue weighted by Gasteiger charge is 2.37. The molecule has 4 nitrogen and oxygen atoms in total. The Morgan fingerprint density at radius 3 is 2.43 bits per heavy atom. The van der Waals surface area contributed by atoms with E-state index >= 15 is 0 Å². The quantitative estimate of drug-likeness (QED) is 0.634. The van der Waals surface area contributed by atoms with Gasteiger partial charge in [-0.2, -0.15) is 0 Å². The Bertz CT molecular complexity index is 253. The number of hydrogen-bond acceptors (Lipinski definition) is 2. The minimum absolute atomic E-state index is 0.185. The lowest BCUT2D eigenvalue weighted by Gasteiger charge is -2.26. The molecule has 1 aliphatic carbocycles. The lowest BCUT2D eigenvalue weighted by molar-refractivity contribution is -0.129. The molecule has 4 N–H and O–H groups in total. The van der Waals surface area contributed by atoms with Gasteiger partial charge in [0.2, 0.25) is 11.8 Å². The maximum Gasteiger partial charge on any atom is 0.223 e. The van der Waals surface area contributed by atoms with Gasteiger partial charge in [0.1, 0.15) is 0 Å². The van der Waals surface area contributed by atoms with Crippen molar-refractivity contribution in [3.05, 3.63) is 0 Å². The van der Waals surface area contributed by atoms with E-state index in [1.54, 1.807) is 0 Å². The summed E-state index contributed by atoms with van der Waals surface area (Å²) in [6, 6.07) is 0. The van der Waals surface area contributed by atoms with Crippen LogP contribution in [-0.4, -0.2) is 11.8 Å². The minimum Gasteiger partial charge on any atom is -0.369 e. The molecule has 0 aromatic heterocycles. The summed E-state index contributed by atoms with van der Waals surface area (Å²) < 4.78 is 0. The third-order valence-electron chi connectivity index (χ3n) is 3.23. The summed E-state index contributed by atoms with van der Waals surface area (Å²) in [6.07, 6.45) is 3.97. The Labute approximate surface area is 84.0 Å². The van der Waals surface area contributed by atoms with E-state index in [4.69, 9.17) is 11.5 Å². The fourth-order valence-electron chi connectivity index (χ4n) is 2.12. The first-order chi connectivity index (χ1) is 6.46. The number of hydrogen-bond donors (Lipinski definition) is 2. The number of nitrogens with two attached hydrogens (primary N) is 2. The van der Waals surface area contributed by atoms with Crippen molar-refractivity contribution in [3.8, 4) is 0 Å². The van der Waals surface area contributed by atoms with Gasteiger partial charge in [-0.25, -0.2) is 0 Å². The average Bonchev–Trinajstić information content (AvgIpc) is 2.28. The molecule has 2 amide bonds. The van der Waals surface area contributed by atoms with Crippen LogP contribution in [0.2, 0.25) is 0 Å². The molecule has 1 aliphatic rings. The van der Waals surface area contributed by atoms with Gasteiger partial charge in [0.15, 0.2) is 0 Å². The van der Waals surface area contributed by atoms with E-state index in [0.717, 1.165) is 25.7 Å². The standard InChI is InChI=1S/C10H18N2O2/c1-10(9(12)14)5-3-2-4-7(6-10)8(11)13/h7H,2-6H2,1H3,(H2,11,13)(H2,12,14). The molecule has 1 rings (SSSR count). The van der Waals surface area contributed by atoms with E-state index in [0.29, 0.717) is 6.42 Å². The third-order valence-corrected chi connectivity index (χ3v) is 3.23. The van der Waals surface area contributed by atoms with Crippen LogP contribution in [0, 0.1) is 11.3 Å². The Balaban J connectivity index is 2.78. The van der Waals surface area contributed by atoms with Crippen molar-refractivity contribution in [2.24, 2.45) is 22.8 Å². The van der Waals surface area contributed by atoms with Crippen molar-refractivity contribution < 1.29 is 9.59 Å². The summed E-state index contributed by atoms with van der Waals surface area (Å²) in [6.45, 7) is 1.83. The highest BCUT2D eigenvalue weighted by atomic mass is 16.2. The molecule has 0 spiro atoms. The van der Waals surface area contributed by atoms with Crippen LogP contribution in [0.4, 0.5) is 0 Å². The average molecular weight is 198 g/mol. The van der Waals surface area contributed by atoms with Crippen molar-refractivity contribution in [1.29, 1.82) is 0 Å². The summed E-state index contributed by atoms with van der Waals surface area (Å²) in [4.78, 5) is 22.4. The van der Waals surface area contributed by atoms with E-state index in [2.05, 4.69) is 0 Å². The van der Waals surface area contributed by atoms with Crippen LogP contribution in [0.1, 0.15) is 39.0 Å². The molecule has 2 atom stereocenters. The van der Waals surface area contributed by atoms with Gasteiger partial charge in [0.25, 0.3) is 0 Å². The molecule has 0 saturated heterocycles. The zero-order valence-electron chi connectivity index (χ0n) is 8.58. The highest BCUT2D eigenvalue weighted by Crippen LogP contribution is 2.37. The fourth-order valence-corrected chi connectivity index (χ4v) is 2.12. The van der Waals surface area contributed by atoms with Crippen LogP contribution in [0.3, 0.4) is 0 Å². The molecular weight excluding hydrogens is 180 g/mol.